The minimum atomic E-state index is -4.16. The number of hydrogen-bond donors (Lipinski definition) is 0. The number of anilines is 1. The summed E-state index contributed by atoms with van der Waals surface area (Å²) < 4.78 is 31.6. The molecule has 0 saturated heterocycles. The highest BCUT2D eigenvalue weighted by Gasteiger charge is 2.30. The van der Waals surface area contributed by atoms with Gasteiger partial charge in [-0.2, -0.15) is 0 Å². The molecule has 0 fully saturated rings. The van der Waals surface area contributed by atoms with E-state index in [1.165, 1.54) is 43.4 Å². The van der Waals surface area contributed by atoms with Crippen LogP contribution in [0.2, 0.25) is 0 Å². The van der Waals surface area contributed by atoms with Crippen molar-refractivity contribution in [2.45, 2.75) is 18.7 Å². The SMILES string of the molecule is CCOC(=O)c1ccc(N(C)S(=O)(=O)c2ccccc2[N+](=O)[O-])c(C)c1. The molecule has 2 aromatic rings. The maximum Gasteiger partial charge on any atom is 0.338 e. The molecule has 2 aromatic carbocycles. The first-order valence-corrected chi connectivity index (χ1v) is 9.14. The summed E-state index contributed by atoms with van der Waals surface area (Å²) in [5, 5.41) is 11.1. The lowest BCUT2D eigenvalue weighted by Crippen LogP contribution is -2.28. The number of aryl methyl sites for hydroxylation is 1. The number of hydrogen-bond acceptors (Lipinski definition) is 6. The Morgan fingerprint density at radius 2 is 1.88 bits per heavy atom. The molecular weight excluding hydrogens is 360 g/mol. The maximum atomic E-state index is 12.9. The maximum absolute atomic E-state index is 12.9. The monoisotopic (exact) mass is 378 g/mol. The number of ether oxygens (including phenoxy) is 1. The Balaban J connectivity index is 2.47. The zero-order valence-electron chi connectivity index (χ0n) is 14.5. The third-order valence-corrected chi connectivity index (χ3v) is 5.57. The van der Waals surface area contributed by atoms with Crippen molar-refractivity contribution in [3.8, 4) is 0 Å². The Bertz CT molecular complexity index is 955. The zero-order chi connectivity index (χ0) is 19.5. The summed E-state index contributed by atoms with van der Waals surface area (Å²) in [4.78, 5) is 21.8. The highest BCUT2D eigenvalue weighted by molar-refractivity contribution is 7.93. The molecule has 26 heavy (non-hydrogen) atoms. The summed E-state index contributed by atoms with van der Waals surface area (Å²) in [5.41, 5.74) is 0.612. The third-order valence-electron chi connectivity index (χ3n) is 3.75. The molecule has 0 saturated carbocycles. The fourth-order valence-corrected chi connectivity index (χ4v) is 3.87. The Hall–Kier alpha value is -2.94. The van der Waals surface area contributed by atoms with Gasteiger partial charge in [0, 0.05) is 13.1 Å². The minimum Gasteiger partial charge on any atom is -0.462 e. The number of para-hydroxylation sites is 1. The smallest absolute Gasteiger partial charge is 0.338 e. The van der Waals surface area contributed by atoms with Crippen molar-refractivity contribution in [2.75, 3.05) is 18.0 Å². The lowest BCUT2D eigenvalue weighted by atomic mass is 10.1. The highest BCUT2D eigenvalue weighted by atomic mass is 32.2. The summed E-state index contributed by atoms with van der Waals surface area (Å²) in [7, 11) is -2.85. The normalized spacial score (nSPS) is 11.0. The van der Waals surface area contributed by atoms with Gasteiger partial charge in [-0.3, -0.25) is 14.4 Å². The molecule has 0 unspecified atom stereocenters. The van der Waals surface area contributed by atoms with E-state index in [1.807, 2.05) is 0 Å². The fraction of sp³-hybridized carbons (Fsp3) is 0.235. The van der Waals surface area contributed by atoms with Crippen LogP contribution >= 0.6 is 0 Å². The molecule has 0 aliphatic heterocycles. The van der Waals surface area contributed by atoms with Crippen molar-refractivity contribution in [2.24, 2.45) is 0 Å². The van der Waals surface area contributed by atoms with Gasteiger partial charge in [0.15, 0.2) is 4.90 Å². The molecule has 138 valence electrons. The molecule has 0 bridgehead atoms. The van der Waals surface area contributed by atoms with Gasteiger partial charge in [-0.25, -0.2) is 13.2 Å². The quantitative estimate of drug-likeness (QED) is 0.435. The van der Waals surface area contributed by atoms with Crippen LogP contribution in [0.25, 0.3) is 0 Å². The van der Waals surface area contributed by atoms with Crippen molar-refractivity contribution >= 4 is 27.4 Å². The summed E-state index contributed by atoms with van der Waals surface area (Å²) in [5.74, 6) is -0.508. The first-order chi connectivity index (χ1) is 12.2. The van der Waals surface area contributed by atoms with E-state index in [-0.39, 0.29) is 6.61 Å². The predicted octanol–water partition coefficient (Wildman–Crippen LogP) is 2.91. The lowest BCUT2D eigenvalue weighted by molar-refractivity contribution is -0.387. The Morgan fingerprint density at radius 3 is 2.46 bits per heavy atom. The number of nitrogens with zero attached hydrogens (tertiary/aromatic N) is 2. The highest BCUT2D eigenvalue weighted by Crippen LogP contribution is 2.30. The van der Waals surface area contributed by atoms with Gasteiger partial charge in [0.05, 0.1) is 22.8 Å². The van der Waals surface area contributed by atoms with Crippen LogP contribution in [-0.4, -0.2) is 33.0 Å². The van der Waals surface area contributed by atoms with Gasteiger partial charge in [0.2, 0.25) is 0 Å². The van der Waals surface area contributed by atoms with Crippen molar-refractivity contribution in [3.63, 3.8) is 0 Å². The van der Waals surface area contributed by atoms with E-state index in [0.717, 1.165) is 10.4 Å². The molecule has 0 aliphatic carbocycles. The molecule has 0 heterocycles. The molecule has 9 heteroatoms. The first kappa shape index (κ1) is 19.4. The lowest BCUT2D eigenvalue weighted by Gasteiger charge is -2.21. The second-order valence-corrected chi connectivity index (χ2v) is 7.36. The van der Waals surface area contributed by atoms with Gasteiger partial charge in [-0.15, -0.1) is 0 Å². The minimum absolute atomic E-state index is 0.228. The van der Waals surface area contributed by atoms with E-state index < -0.39 is 31.5 Å². The average Bonchev–Trinajstić information content (AvgIpc) is 2.61. The van der Waals surface area contributed by atoms with Gasteiger partial charge in [0.25, 0.3) is 15.7 Å². The van der Waals surface area contributed by atoms with E-state index in [0.29, 0.717) is 16.8 Å². The number of nitro benzene ring substituents is 1. The van der Waals surface area contributed by atoms with Crippen molar-refractivity contribution in [1.82, 2.24) is 0 Å². The standard InChI is InChI=1S/C17H18N2O6S/c1-4-25-17(20)13-9-10-14(12(2)11-13)18(3)26(23,24)16-8-6-5-7-15(16)19(21)22/h5-11H,4H2,1-3H3. The molecule has 0 aliphatic rings. The van der Waals surface area contributed by atoms with Crippen LogP contribution in [0.5, 0.6) is 0 Å². The van der Waals surface area contributed by atoms with E-state index >= 15 is 0 Å². The Labute approximate surface area is 151 Å². The number of carbonyl (C=O) groups excluding carboxylic acids is 1. The number of esters is 1. The molecular formula is C17H18N2O6S. The number of carbonyl (C=O) groups is 1. The van der Waals surface area contributed by atoms with Gasteiger partial charge >= 0.3 is 5.97 Å². The van der Waals surface area contributed by atoms with Crippen LogP contribution in [0.15, 0.2) is 47.4 Å². The van der Waals surface area contributed by atoms with Crippen LogP contribution in [0, 0.1) is 17.0 Å². The third kappa shape index (κ3) is 3.67. The summed E-state index contributed by atoms with van der Waals surface area (Å²) in [6, 6.07) is 9.57. The van der Waals surface area contributed by atoms with E-state index in [2.05, 4.69) is 0 Å². The van der Waals surface area contributed by atoms with Crippen molar-refractivity contribution in [3.05, 3.63) is 63.7 Å². The van der Waals surface area contributed by atoms with Gasteiger partial charge in [-0.05, 0) is 43.7 Å². The van der Waals surface area contributed by atoms with Gasteiger partial charge < -0.3 is 4.74 Å². The molecule has 2 rings (SSSR count). The molecule has 0 aromatic heterocycles. The fourth-order valence-electron chi connectivity index (χ4n) is 2.45. The van der Waals surface area contributed by atoms with Gasteiger partial charge in [0.1, 0.15) is 0 Å². The van der Waals surface area contributed by atoms with Crippen LogP contribution in [0.1, 0.15) is 22.8 Å². The zero-order valence-corrected chi connectivity index (χ0v) is 15.3. The number of sulfonamides is 1. The Kier molecular flexibility index (Phi) is 5.61. The van der Waals surface area contributed by atoms with Crippen molar-refractivity contribution < 1.29 is 22.9 Å². The van der Waals surface area contributed by atoms with Crippen molar-refractivity contribution in [1.29, 1.82) is 0 Å². The summed E-state index contributed by atoms with van der Waals surface area (Å²) in [6.45, 7) is 3.56. The molecule has 8 nitrogen and oxygen atoms in total. The number of rotatable bonds is 6. The number of benzene rings is 2. The van der Waals surface area contributed by atoms with Crippen LogP contribution < -0.4 is 4.31 Å². The van der Waals surface area contributed by atoms with Crippen LogP contribution in [0.3, 0.4) is 0 Å². The van der Waals surface area contributed by atoms with Crippen LogP contribution in [-0.2, 0) is 14.8 Å². The predicted molar refractivity (Wildman–Crippen MR) is 95.8 cm³/mol. The van der Waals surface area contributed by atoms with Gasteiger partial charge in [-0.1, -0.05) is 12.1 Å². The molecule has 0 radical (unpaired) electrons. The molecule has 0 spiro atoms. The summed E-state index contributed by atoms with van der Waals surface area (Å²) in [6.07, 6.45) is 0. The largest absolute Gasteiger partial charge is 0.462 e. The first-order valence-electron chi connectivity index (χ1n) is 7.70. The molecule has 0 atom stereocenters. The average molecular weight is 378 g/mol. The second-order valence-electron chi connectivity index (χ2n) is 5.42. The van der Waals surface area contributed by atoms with Crippen LogP contribution in [0.4, 0.5) is 11.4 Å². The Morgan fingerprint density at radius 1 is 1.23 bits per heavy atom. The summed E-state index contributed by atoms with van der Waals surface area (Å²) >= 11 is 0. The number of nitro groups is 1. The van der Waals surface area contributed by atoms with E-state index in [1.54, 1.807) is 13.8 Å². The second kappa shape index (κ2) is 7.52. The topological polar surface area (TPSA) is 107 Å². The molecule has 0 amide bonds. The van der Waals surface area contributed by atoms with E-state index in [9.17, 15) is 23.3 Å². The van der Waals surface area contributed by atoms with E-state index in [4.69, 9.17) is 4.74 Å². The molecule has 0 N–H and O–H groups in total.